The highest BCUT2D eigenvalue weighted by Crippen LogP contribution is 2.30. The summed E-state index contributed by atoms with van der Waals surface area (Å²) < 4.78 is 15.0. The molecule has 0 radical (unpaired) electrons. The number of pyridine rings is 1. The molecule has 0 unspecified atom stereocenters. The first-order valence-corrected chi connectivity index (χ1v) is 11.9. The first-order valence-electron chi connectivity index (χ1n) is 11.1. The number of carboxylic acid groups (broad SMARTS) is 1. The van der Waals surface area contributed by atoms with Crippen LogP contribution < -0.4 is 10.6 Å². The van der Waals surface area contributed by atoms with Gasteiger partial charge in [0.15, 0.2) is 5.13 Å². The minimum Gasteiger partial charge on any atom is -0.465 e. The summed E-state index contributed by atoms with van der Waals surface area (Å²) in [5, 5.41) is 25.5. The van der Waals surface area contributed by atoms with Crippen molar-refractivity contribution < 1.29 is 24.2 Å². The summed E-state index contributed by atoms with van der Waals surface area (Å²) in [5.41, 5.74) is 2.33. The lowest BCUT2D eigenvalue weighted by atomic mass is 10.2. The average Bonchev–Trinajstić information content (AvgIpc) is 3.58. The van der Waals surface area contributed by atoms with Crippen molar-refractivity contribution in [3.63, 3.8) is 0 Å². The highest BCUT2D eigenvalue weighted by atomic mass is 32.1. The molecule has 13 heteroatoms. The molecule has 2 amide bonds. The van der Waals surface area contributed by atoms with Gasteiger partial charge in [0, 0.05) is 31.8 Å². The number of β-amino-alcohol motifs (C(OH)–C–C–N with tert-alkyl or cyclic N) is 1. The number of aliphatic hydroxyl groups excluding tert-OH is 1. The van der Waals surface area contributed by atoms with Crippen LogP contribution in [0.5, 0.6) is 0 Å². The molecule has 3 aromatic heterocycles. The van der Waals surface area contributed by atoms with Crippen molar-refractivity contribution in [2.75, 3.05) is 18.4 Å². The molecule has 4 heterocycles. The largest absolute Gasteiger partial charge is 0.465 e. The molecule has 0 bridgehead atoms. The Morgan fingerprint density at radius 3 is 2.75 bits per heavy atom. The standard InChI is InChI=1S/C23H22FN7O4S/c24-14-3-1-13(2-4-14)19-10-27-22(36-19)29-20-8-17-16(9-26-20)28-12-30(17)6-5-25-21(33)18-7-15(32)11-31(18)23(34)35/h1-4,8-10,12,15,18,32H,5-7,11H2,(H,25,33)(H,34,35)(H,26,27,29)/t15-,18-/m0/s1. The van der Waals surface area contributed by atoms with Crippen molar-refractivity contribution in [1.82, 2.24) is 29.7 Å². The highest BCUT2D eigenvalue weighted by Gasteiger charge is 2.38. The van der Waals surface area contributed by atoms with Gasteiger partial charge >= 0.3 is 6.09 Å². The number of aliphatic hydroxyl groups is 1. The number of benzene rings is 1. The molecular weight excluding hydrogens is 489 g/mol. The molecule has 0 saturated carbocycles. The van der Waals surface area contributed by atoms with Crippen molar-refractivity contribution >= 4 is 45.3 Å². The van der Waals surface area contributed by atoms with E-state index < -0.39 is 24.1 Å². The van der Waals surface area contributed by atoms with Gasteiger partial charge in [-0.25, -0.2) is 24.1 Å². The van der Waals surface area contributed by atoms with E-state index in [0.717, 1.165) is 20.9 Å². The number of likely N-dealkylation sites (tertiary alicyclic amines) is 1. The summed E-state index contributed by atoms with van der Waals surface area (Å²) in [5.74, 6) is -0.177. The third-order valence-corrected chi connectivity index (χ3v) is 6.82. The number of nitrogens with zero attached hydrogens (tertiary/aromatic N) is 5. The molecule has 1 aliphatic heterocycles. The number of fused-ring (bicyclic) bond motifs is 1. The van der Waals surface area contributed by atoms with Crippen molar-refractivity contribution in [2.24, 2.45) is 0 Å². The van der Waals surface area contributed by atoms with E-state index in [2.05, 4.69) is 25.6 Å². The zero-order valence-electron chi connectivity index (χ0n) is 18.8. The monoisotopic (exact) mass is 511 g/mol. The van der Waals surface area contributed by atoms with E-state index in [1.54, 1.807) is 30.9 Å². The molecule has 1 fully saturated rings. The van der Waals surface area contributed by atoms with Gasteiger partial charge in [0.2, 0.25) is 5.91 Å². The van der Waals surface area contributed by atoms with Crippen LogP contribution in [0.4, 0.5) is 20.1 Å². The highest BCUT2D eigenvalue weighted by molar-refractivity contribution is 7.18. The molecule has 0 aliphatic carbocycles. The van der Waals surface area contributed by atoms with E-state index in [1.165, 1.54) is 23.5 Å². The Hall–Kier alpha value is -4.10. The lowest BCUT2D eigenvalue weighted by Crippen LogP contribution is -2.46. The van der Waals surface area contributed by atoms with Gasteiger partial charge in [0.1, 0.15) is 23.2 Å². The number of carbonyl (C=O) groups excluding carboxylic acids is 1. The maximum atomic E-state index is 13.2. The number of carbonyl (C=O) groups is 2. The predicted molar refractivity (Wildman–Crippen MR) is 130 cm³/mol. The van der Waals surface area contributed by atoms with Gasteiger partial charge in [-0.15, -0.1) is 0 Å². The molecule has 1 saturated heterocycles. The first kappa shape index (κ1) is 23.6. The molecule has 4 N–H and O–H groups in total. The molecule has 1 aliphatic rings. The Morgan fingerprint density at radius 2 is 1.97 bits per heavy atom. The van der Waals surface area contributed by atoms with Crippen LogP contribution >= 0.6 is 11.3 Å². The fourth-order valence-electron chi connectivity index (χ4n) is 4.09. The van der Waals surface area contributed by atoms with Crippen LogP contribution in [0.15, 0.2) is 49.1 Å². The number of nitrogens with one attached hydrogen (secondary N) is 2. The fourth-order valence-corrected chi connectivity index (χ4v) is 4.92. The number of imidazole rings is 1. The molecule has 4 aromatic rings. The fraction of sp³-hybridized carbons (Fsp3) is 0.261. The van der Waals surface area contributed by atoms with Crippen molar-refractivity contribution in [3.05, 3.63) is 54.9 Å². The van der Waals surface area contributed by atoms with E-state index in [0.29, 0.717) is 23.0 Å². The molecule has 1 aromatic carbocycles. The third-order valence-electron chi connectivity index (χ3n) is 5.86. The normalized spacial score (nSPS) is 17.4. The number of hydrogen-bond donors (Lipinski definition) is 4. The number of anilines is 2. The number of aromatic nitrogens is 4. The smallest absolute Gasteiger partial charge is 0.408 e. The maximum absolute atomic E-state index is 13.2. The maximum Gasteiger partial charge on any atom is 0.408 e. The Kier molecular flexibility index (Phi) is 6.48. The summed E-state index contributed by atoms with van der Waals surface area (Å²) in [7, 11) is 0. The van der Waals surface area contributed by atoms with Crippen LogP contribution in [0.3, 0.4) is 0 Å². The Labute approximate surface area is 208 Å². The van der Waals surface area contributed by atoms with Gasteiger partial charge < -0.3 is 25.4 Å². The summed E-state index contributed by atoms with van der Waals surface area (Å²) in [6, 6.07) is 7.11. The minimum atomic E-state index is -1.23. The van der Waals surface area contributed by atoms with Gasteiger partial charge in [-0.1, -0.05) is 23.5 Å². The van der Waals surface area contributed by atoms with Gasteiger partial charge in [0.25, 0.3) is 0 Å². The summed E-state index contributed by atoms with van der Waals surface area (Å²) >= 11 is 1.41. The SMILES string of the molecule is O=C(NCCn1cnc2cnc(Nc3ncc(-c4ccc(F)cc4)s3)cc21)[C@@H]1C[C@H](O)CN1C(=O)O. The van der Waals surface area contributed by atoms with Crippen LogP contribution in [0, 0.1) is 5.82 Å². The van der Waals surface area contributed by atoms with E-state index in [1.807, 2.05) is 10.6 Å². The van der Waals surface area contributed by atoms with E-state index >= 15 is 0 Å². The molecular formula is C23H22FN7O4S. The topological polar surface area (TPSA) is 146 Å². The molecule has 0 spiro atoms. The van der Waals surface area contributed by atoms with Crippen molar-refractivity contribution in [3.8, 4) is 10.4 Å². The van der Waals surface area contributed by atoms with Gasteiger partial charge in [-0.3, -0.25) is 9.69 Å². The number of hydrogen-bond acceptors (Lipinski definition) is 8. The Balaban J connectivity index is 1.23. The molecule has 2 atom stereocenters. The number of halogens is 1. The predicted octanol–water partition coefficient (Wildman–Crippen LogP) is 2.67. The second-order valence-electron chi connectivity index (χ2n) is 8.29. The Morgan fingerprint density at radius 1 is 1.17 bits per heavy atom. The molecule has 186 valence electrons. The molecule has 36 heavy (non-hydrogen) atoms. The number of amides is 2. The Bertz CT molecular complexity index is 1410. The minimum absolute atomic E-state index is 0.0759. The van der Waals surface area contributed by atoms with Crippen LogP contribution in [-0.2, 0) is 11.3 Å². The second kappa shape index (κ2) is 9.87. The molecule has 11 nitrogen and oxygen atoms in total. The van der Waals surface area contributed by atoms with E-state index in [-0.39, 0.29) is 25.3 Å². The first-order chi connectivity index (χ1) is 17.4. The summed E-state index contributed by atoms with van der Waals surface area (Å²) in [4.78, 5) is 38.7. The zero-order chi connectivity index (χ0) is 25.2. The van der Waals surface area contributed by atoms with E-state index in [4.69, 9.17) is 0 Å². The summed E-state index contributed by atoms with van der Waals surface area (Å²) in [6.07, 6.45) is 2.97. The van der Waals surface area contributed by atoms with Gasteiger partial charge in [-0.2, -0.15) is 0 Å². The van der Waals surface area contributed by atoms with E-state index in [9.17, 15) is 24.2 Å². The number of rotatable bonds is 7. The average molecular weight is 512 g/mol. The van der Waals surface area contributed by atoms with Gasteiger partial charge in [-0.05, 0) is 17.7 Å². The van der Waals surface area contributed by atoms with Crippen molar-refractivity contribution in [2.45, 2.75) is 25.1 Å². The summed E-state index contributed by atoms with van der Waals surface area (Å²) in [6.45, 7) is 0.579. The van der Waals surface area contributed by atoms with Crippen LogP contribution in [0.25, 0.3) is 21.5 Å². The van der Waals surface area contributed by atoms with Crippen LogP contribution in [-0.4, -0.2) is 71.9 Å². The lowest BCUT2D eigenvalue weighted by Gasteiger charge is -2.20. The van der Waals surface area contributed by atoms with Crippen LogP contribution in [0.1, 0.15) is 6.42 Å². The lowest BCUT2D eigenvalue weighted by molar-refractivity contribution is -0.125. The quantitative estimate of drug-likeness (QED) is 0.296. The van der Waals surface area contributed by atoms with Gasteiger partial charge in [0.05, 0.1) is 35.6 Å². The van der Waals surface area contributed by atoms with Crippen LogP contribution in [0.2, 0.25) is 0 Å². The second-order valence-corrected chi connectivity index (χ2v) is 9.32. The number of thiazole rings is 1. The zero-order valence-corrected chi connectivity index (χ0v) is 19.7. The van der Waals surface area contributed by atoms with Crippen molar-refractivity contribution in [1.29, 1.82) is 0 Å². The molecule has 5 rings (SSSR count). The third kappa shape index (κ3) is 4.97.